The monoisotopic (exact) mass is 470 g/mol. The van der Waals surface area contributed by atoms with E-state index < -0.39 is 17.7 Å². The first-order chi connectivity index (χ1) is 16.1. The molecule has 0 spiro atoms. The van der Waals surface area contributed by atoms with Gasteiger partial charge in [-0.3, -0.25) is 15.1 Å². The van der Waals surface area contributed by atoms with Crippen molar-refractivity contribution in [3.8, 4) is 6.07 Å². The van der Waals surface area contributed by atoms with Crippen LogP contribution in [0.15, 0.2) is 35.3 Å². The molecule has 0 unspecified atom stereocenters. The minimum Gasteiger partial charge on any atom is -0.447 e. The van der Waals surface area contributed by atoms with Crippen LogP contribution >= 0.6 is 0 Å². The number of amides is 2. The maximum absolute atomic E-state index is 13.5. The zero-order valence-electron chi connectivity index (χ0n) is 21.0. The molecule has 1 aromatic rings. The molecule has 34 heavy (non-hydrogen) atoms. The molecule has 8 nitrogen and oxygen atoms in total. The number of hydrogen-bond donors (Lipinski definition) is 2. The number of aliphatic imine (C=N–C) groups is 1. The van der Waals surface area contributed by atoms with Gasteiger partial charge in [0, 0.05) is 12.7 Å². The Kier molecular flexibility index (Phi) is 10.1. The summed E-state index contributed by atoms with van der Waals surface area (Å²) >= 11 is 0. The Bertz CT molecular complexity index is 884. The van der Waals surface area contributed by atoms with E-state index in [1.54, 1.807) is 0 Å². The molecule has 0 aromatic heterocycles. The van der Waals surface area contributed by atoms with Gasteiger partial charge in [0.1, 0.15) is 24.0 Å². The van der Waals surface area contributed by atoms with Crippen molar-refractivity contribution in [1.29, 1.82) is 5.26 Å². The normalized spacial score (nSPS) is 16.6. The van der Waals surface area contributed by atoms with Crippen LogP contribution in [0.5, 0.6) is 0 Å². The number of hydrogen-bond acceptors (Lipinski definition) is 6. The lowest BCUT2D eigenvalue weighted by atomic mass is 9.76. The summed E-state index contributed by atoms with van der Waals surface area (Å²) in [5, 5.41) is 15.5. The summed E-state index contributed by atoms with van der Waals surface area (Å²) in [6, 6.07) is 10.7. The Hall–Kier alpha value is -2.92. The molecule has 0 heterocycles. The average molecular weight is 471 g/mol. The van der Waals surface area contributed by atoms with Gasteiger partial charge in [-0.1, -0.05) is 58.0 Å². The standard InChI is InChI=1S/C26H38N4O4/c1-19(2)25(3,4)17-21(23(31)30-26(18-27)13-9-10-14-26)28-22(20-11-7-6-8-12-20)29-24(32)34-16-15-33-5/h6-8,11-12,19,21H,9-10,13-17H2,1-5H3,(H,30,31)(H,28,29,32)/t21-/m0/s1. The molecule has 1 saturated carbocycles. The smallest absolute Gasteiger partial charge is 0.412 e. The summed E-state index contributed by atoms with van der Waals surface area (Å²) in [5.74, 6) is 0.238. The van der Waals surface area contributed by atoms with Crippen LogP contribution in [0.3, 0.4) is 0 Å². The first-order valence-electron chi connectivity index (χ1n) is 11.9. The molecule has 1 aliphatic carbocycles. The number of carbonyl (C=O) groups excluding carboxylic acids is 2. The second-order valence-corrected chi connectivity index (χ2v) is 9.85. The van der Waals surface area contributed by atoms with Gasteiger partial charge in [-0.15, -0.1) is 0 Å². The van der Waals surface area contributed by atoms with Crippen molar-refractivity contribution < 1.29 is 19.1 Å². The molecular weight excluding hydrogens is 432 g/mol. The lowest BCUT2D eigenvalue weighted by Gasteiger charge is -2.33. The summed E-state index contributed by atoms with van der Waals surface area (Å²) in [4.78, 5) is 30.6. The molecule has 2 N–H and O–H groups in total. The van der Waals surface area contributed by atoms with Crippen LogP contribution in [-0.2, 0) is 14.3 Å². The van der Waals surface area contributed by atoms with E-state index in [1.165, 1.54) is 7.11 Å². The molecule has 8 heteroatoms. The number of alkyl carbamates (subject to hydrolysis) is 1. The maximum Gasteiger partial charge on any atom is 0.412 e. The van der Waals surface area contributed by atoms with Crippen molar-refractivity contribution >= 4 is 17.8 Å². The molecule has 1 aliphatic rings. The molecule has 0 radical (unpaired) electrons. The predicted molar refractivity (Wildman–Crippen MR) is 131 cm³/mol. The minimum absolute atomic E-state index is 0.0966. The lowest BCUT2D eigenvalue weighted by Crippen LogP contribution is -2.50. The van der Waals surface area contributed by atoms with E-state index in [1.807, 2.05) is 30.3 Å². The van der Waals surface area contributed by atoms with Gasteiger partial charge in [0.05, 0.1) is 12.7 Å². The van der Waals surface area contributed by atoms with Crippen LogP contribution in [0.1, 0.15) is 65.4 Å². The van der Waals surface area contributed by atoms with Crippen LogP contribution in [-0.4, -0.2) is 49.7 Å². The van der Waals surface area contributed by atoms with E-state index in [-0.39, 0.29) is 30.4 Å². The highest BCUT2D eigenvalue weighted by atomic mass is 16.6. The van der Waals surface area contributed by atoms with Crippen LogP contribution in [0.4, 0.5) is 4.79 Å². The minimum atomic E-state index is -0.855. The quantitative estimate of drug-likeness (QED) is 0.302. The molecule has 2 rings (SSSR count). The van der Waals surface area contributed by atoms with Gasteiger partial charge >= 0.3 is 6.09 Å². The van der Waals surface area contributed by atoms with Gasteiger partial charge in [-0.25, -0.2) is 4.79 Å². The zero-order valence-corrected chi connectivity index (χ0v) is 21.0. The fourth-order valence-corrected chi connectivity index (χ4v) is 3.77. The Morgan fingerprint density at radius 1 is 1.18 bits per heavy atom. The third-order valence-corrected chi connectivity index (χ3v) is 6.69. The molecule has 0 bridgehead atoms. The van der Waals surface area contributed by atoms with Crippen molar-refractivity contribution in [3.05, 3.63) is 35.9 Å². The molecule has 1 fully saturated rings. The highest BCUT2D eigenvalue weighted by molar-refractivity contribution is 6.07. The number of nitriles is 1. The zero-order chi connectivity index (χ0) is 25.2. The molecule has 1 aromatic carbocycles. The van der Waals surface area contributed by atoms with Crippen LogP contribution < -0.4 is 10.6 Å². The van der Waals surface area contributed by atoms with Gasteiger partial charge in [0.25, 0.3) is 0 Å². The molecular formula is C26H38N4O4. The van der Waals surface area contributed by atoms with Crippen LogP contribution in [0.2, 0.25) is 0 Å². The van der Waals surface area contributed by atoms with Crippen molar-refractivity contribution in [3.63, 3.8) is 0 Å². The second kappa shape index (κ2) is 12.5. The Morgan fingerprint density at radius 2 is 1.82 bits per heavy atom. The topological polar surface area (TPSA) is 113 Å². The van der Waals surface area contributed by atoms with Gasteiger partial charge in [0.2, 0.25) is 5.91 Å². The number of ether oxygens (including phenoxy) is 2. The van der Waals surface area contributed by atoms with Crippen molar-refractivity contribution in [2.75, 3.05) is 20.3 Å². The first-order valence-corrected chi connectivity index (χ1v) is 11.9. The van der Waals surface area contributed by atoms with Crippen LogP contribution in [0, 0.1) is 22.7 Å². The summed E-state index contributed by atoms with van der Waals surface area (Å²) in [6.45, 7) is 8.77. The van der Waals surface area contributed by atoms with Gasteiger partial charge in [-0.2, -0.15) is 5.26 Å². The lowest BCUT2D eigenvalue weighted by molar-refractivity contribution is -0.124. The highest BCUT2D eigenvalue weighted by Gasteiger charge is 2.39. The van der Waals surface area contributed by atoms with Crippen LogP contribution in [0.25, 0.3) is 0 Å². The fourth-order valence-electron chi connectivity index (χ4n) is 3.77. The predicted octanol–water partition coefficient (Wildman–Crippen LogP) is 4.20. The molecule has 0 saturated heterocycles. The van der Waals surface area contributed by atoms with E-state index in [0.29, 0.717) is 30.7 Å². The Balaban J connectivity index is 2.40. The molecule has 0 aliphatic heterocycles. The van der Waals surface area contributed by atoms with Crippen molar-refractivity contribution in [1.82, 2.24) is 10.6 Å². The third kappa shape index (κ3) is 7.84. The number of rotatable bonds is 10. The molecule has 1 atom stereocenters. The Labute approximate surface area is 203 Å². The summed E-state index contributed by atoms with van der Waals surface area (Å²) in [6.07, 6.45) is 2.86. The van der Waals surface area contributed by atoms with E-state index in [2.05, 4.69) is 44.4 Å². The first kappa shape index (κ1) is 27.3. The third-order valence-electron chi connectivity index (χ3n) is 6.69. The number of carbonyl (C=O) groups is 2. The fraction of sp³-hybridized carbons (Fsp3) is 0.615. The number of nitrogens with zero attached hydrogens (tertiary/aromatic N) is 2. The number of nitrogens with one attached hydrogen (secondary N) is 2. The molecule has 186 valence electrons. The second-order valence-electron chi connectivity index (χ2n) is 9.85. The van der Waals surface area contributed by atoms with Crippen molar-refractivity contribution in [2.45, 2.75) is 71.4 Å². The summed E-state index contributed by atoms with van der Waals surface area (Å²) < 4.78 is 10.1. The summed E-state index contributed by atoms with van der Waals surface area (Å²) in [7, 11) is 1.52. The largest absolute Gasteiger partial charge is 0.447 e. The molecule has 2 amide bonds. The van der Waals surface area contributed by atoms with E-state index >= 15 is 0 Å². The maximum atomic E-state index is 13.5. The number of methoxy groups -OCH3 is 1. The van der Waals surface area contributed by atoms with Crippen molar-refractivity contribution in [2.24, 2.45) is 16.3 Å². The SMILES string of the molecule is COCCOC(=O)NC(=N[C@@H](CC(C)(C)C(C)C)C(=O)NC1(C#N)CCCC1)c1ccccc1. The highest BCUT2D eigenvalue weighted by Crippen LogP contribution is 2.34. The van der Waals surface area contributed by atoms with Gasteiger partial charge in [0.15, 0.2) is 0 Å². The van der Waals surface area contributed by atoms with Gasteiger partial charge in [-0.05, 0) is 43.4 Å². The summed E-state index contributed by atoms with van der Waals surface area (Å²) in [5.41, 5.74) is -0.407. The van der Waals surface area contributed by atoms with E-state index in [4.69, 9.17) is 14.5 Å². The van der Waals surface area contributed by atoms with E-state index in [9.17, 15) is 14.9 Å². The average Bonchev–Trinajstić information content (AvgIpc) is 3.27. The Morgan fingerprint density at radius 3 is 2.38 bits per heavy atom. The van der Waals surface area contributed by atoms with E-state index in [0.717, 1.165) is 12.8 Å². The number of amidine groups is 1. The van der Waals surface area contributed by atoms with Gasteiger partial charge < -0.3 is 14.8 Å². The number of benzene rings is 1.